The zero-order chi connectivity index (χ0) is 19.0. The Morgan fingerprint density at radius 2 is 1.78 bits per heavy atom. The Kier molecular flexibility index (Phi) is 4.60. The maximum absolute atomic E-state index is 12.4. The van der Waals surface area contributed by atoms with Crippen LogP contribution in [0.5, 0.6) is 0 Å². The number of nitrogens with zero attached hydrogens (tertiary/aromatic N) is 1. The molecule has 27 heavy (non-hydrogen) atoms. The lowest BCUT2D eigenvalue weighted by molar-refractivity contribution is 0.102. The molecule has 0 aliphatic rings. The average molecular weight is 397 g/mol. The van der Waals surface area contributed by atoms with E-state index in [1.807, 2.05) is 25.1 Å². The third-order valence-electron chi connectivity index (χ3n) is 4.10. The molecule has 0 radical (unpaired) electrons. The van der Waals surface area contributed by atoms with Gasteiger partial charge in [0.2, 0.25) is 5.89 Å². The molecule has 0 spiro atoms. The molecule has 0 unspecified atom stereocenters. The van der Waals surface area contributed by atoms with Crippen LogP contribution in [0.15, 0.2) is 65.1 Å². The van der Waals surface area contributed by atoms with Gasteiger partial charge in [-0.3, -0.25) is 4.79 Å². The zero-order valence-electron chi connectivity index (χ0n) is 14.3. The number of hydrogen-bond donors (Lipinski definition) is 1. The van der Waals surface area contributed by atoms with Crippen LogP contribution in [0.4, 0.5) is 5.69 Å². The molecule has 4 rings (SSSR count). The molecule has 0 atom stereocenters. The van der Waals surface area contributed by atoms with Crippen LogP contribution in [0.2, 0.25) is 10.0 Å². The summed E-state index contributed by atoms with van der Waals surface area (Å²) in [4.78, 5) is 16.9. The molecule has 0 aliphatic carbocycles. The Labute approximate surface area is 165 Å². The van der Waals surface area contributed by atoms with Crippen molar-refractivity contribution >= 4 is 45.9 Å². The van der Waals surface area contributed by atoms with Gasteiger partial charge in [0.1, 0.15) is 5.52 Å². The summed E-state index contributed by atoms with van der Waals surface area (Å²) in [6.07, 6.45) is 0. The number of aryl methyl sites for hydroxylation is 1. The van der Waals surface area contributed by atoms with E-state index in [-0.39, 0.29) is 5.91 Å². The molecule has 4 aromatic rings. The Morgan fingerprint density at radius 1 is 1.00 bits per heavy atom. The van der Waals surface area contributed by atoms with Crippen molar-refractivity contribution < 1.29 is 9.21 Å². The summed E-state index contributed by atoms with van der Waals surface area (Å²) in [5.41, 5.74) is 4.25. The lowest BCUT2D eigenvalue weighted by atomic mass is 10.1. The van der Waals surface area contributed by atoms with Crippen LogP contribution in [0.25, 0.3) is 22.6 Å². The average Bonchev–Trinajstić information content (AvgIpc) is 3.06. The number of nitrogens with one attached hydrogen (secondary N) is 1. The minimum absolute atomic E-state index is 0.242. The van der Waals surface area contributed by atoms with E-state index in [9.17, 15) is 4.79 Å². The molecular formula is C21H14Cl2N2O2. The molecule has 1 amide bonds. The van der Waals surface area contributed by atoms with E-state index in [1.54, 1.807) is 42.5 Å². The van der Waals surface area contributed by atoms with Crippen molar-refractivity contribution in [3.63, 3.8) is 0 Å². The van der Waals surface area contributed by atoms with Crippen molar-refractivity contribution in [1.82, 2.24) is 4.98 Å². The number of carbonyl (C=O) groups is 1. The zero-order valence-corrected chi connectivity index (χ0v) is 15.8. The summed E-state index contributed by atoms with van der Waals surface area (Å²) in [5, 5.41) is 3.91. The first-order valence-corrected chi connectivity index (χ1v) is 8.99. The monoisotopic (exact) mass is 396 g/mol. The predicted molar refractivity (Wildman–Crippen MR) is 109 cm³/mol. The molecule has 3 aromatic carbocycles. The highest BCUT2D eigenvalue weighted by atomic mass is 35.5. The summed E-state index contributed by atoms with van der Waals surface area (Å²) in [6.45, 7) is 1.99. The smallest absolute Gasteiger partial charge is 0.255 e. The first-order valence-electron chi connectivity index (χ1n) is 8.23. The highest BCUT2D eigenvalue weighted by molar-refractivity contribution is 6.33. The molecule has 1 aromatic heterocycles. The molecule has 0 fully saturated rings. The topological polar surface area (TPSA) is 55.1 Å². The van der Waals surface area contributed by atoms with E-state index in [2.05, 4.69) is 10.3 Å². The molecule has 6 heteroatoms. The van der Waals surface area contributed by atoms with Crippen molar-refractivity contribution in [1.29, 1.82) is 0 Å². The Morgan fingerprint density at radius 3 is 2.56 bits per heavy atom. The number of hydrogen-bond acceptors (Lipinski definition) is 3. The van der Waals surface area contributed by atoms with E-state index in [0.717, 1.165) is 11.1 Å². The van der Waals surface area contributed by atoms with Crippen molar-refractivity contribution in [2.45, 2.75) is 6.92 Å². The second-order valence-corrected chi connectivity index (χ2v) is 6.99. The van der Waals surface area contributed by atoms with E-state index in [0.29, 0.717) is 38.3 Å². The number of oxazole rings is 1. The van der Waals surface area contributed by atoms with Crippen LogP contribution >= 0.6 is 23.2 Å². The SMILES string of the molecule is Cc1ccc2oc(-c3cc(NC(=O)c4ccc(Cl)cc4)ccc3Cl)nc2c1. The number of aromatic nitrogens is 1. The molecular weight excluding hydrogens is 383 g/mol. The summed E-state index contributed by atoms with van der Waals surface area (Å²) in [6, 6.07) is 17.6. The van der Waals surface area contributed by atoms with E-state index in [1.165, 1.54) is 0 Å². The second kappa shape index (κ2) is 7.06. The van der Waals surface area contributed by atoms with Crippen LogP contribution in [0.3, 0.4) is 0 Å². The van der Waals surface area contributed by atoms with Gasteiger partial charge in [-0.05, 0) is 67.1 Å². The lowest BCUT2D eigenvalue weighted by Crippen LogP contribution is -2.11. The standard InChI is InChI=1S/C21H14Cl2N2O2/c1-12-2-9-19-18(10-12)25-21(27-19)16-11-15(7-8-17(16)23)24-20(26)13-3-5-14(22)6-4-13/h2-11H,1H3,(H,24,26). The van der Waals surface area contributed by atoms with Crippen LogP contribution < -0.4 is 5.32 Å². The van der Waals surface area contributed by atoms with Crippen LogP contribution in [-0.4, -0.2) is 10.9 Å². The Balaban J connectivity index is 1.66. The number of amides is 1. The highest BCUT2D eigenvalue weighted by Gasteiger charge is 2.14. The fourth-order valence-electron chi connectivity index (χ4n) is 2.72. The van der Waals surface area contributed by atoms with Crippen LogP contribution in [0, 0.1) is 6.92 Å². The van der Waals surface area contributed by atoms with Crippen molar-refractivity contribution in [3.8, 4) is 11.5 Å². The van der Waals surface area contributed by atoms with Gasteiger partial charge < -0.3 is 9.73 Å². The van der Waals surface area contributed by atoms with E-state index in [4.69, 9.17) is 27.6 Å². The summed E-state index contributed by atoms with van der Waals surface area (Å²) < 4.78 is 5.82. The van der Waals surface area contributed by atoms with Gasteiger partial charge in [-0.1, -0.05) is 29.3 Å². The van der Waals surface area contributed by atoms with Gasteiger partial charge >= 0.3 is 0 Å². The molecule has 134 valence electrons. The van der Waals surface area contributed by atoms with Gasteiger partial charge in [0.25, 0.3) is 5.91 Å². The third kappa shape index (κ3) is 3.68. The predicted octanol–water partition coefficient (Wildman–Crippen LogP) is 6.36. The number of carbonyl (C=O) groups excluding carboxylic acids is 1. The van der Waals surface area contributed by atoms with Gasteiger partial charge in [-0.25, -0.2) is 4.98 Å². The number of fused-ring (bicyclic) bond motifs is 1. The van der Waals surface area contributed by atoms with Gasteiger partial charge in [0.05, 0.1) is 10.6 Å². The molecule has 0 bridgehead atoms. The molecule has 0 aliphatic heterocycles. The minimum Gasteiger partial charge on any atom is -0.436 e. The number of anilines is 1. The number of halogens is 2. The summed E-state index contributed by atoms with van der Waals surface area (Å²) in [5.74, 6) is 0.163. The van der Waals surface area contributed by atoms with E-state index >= 15 is 0 Å². The molecule has 0 saturated carbocycles. The molecule has 0 saturated heterocycles. The largest absolute Gasteiger partial charge is 0.436 e. The van der Waals surface area contributed by atoms with E-state index < -0.39 is 0 Å². The number of benzene rings is 3. The number of rotatable bonds is 3. The second-order valence-electron chi connectivity index (χ2n) is 6.15. The van der Waals surface area contributed by atoms with Crippen LogP contribution in [0.1, 0.15) is 15.9 Å². The summed E-state index contributed by atoms with van der Waals surface area (Å²) >= 11 is 12.2. The van der Waals surface area contributed by atoms with Gasteiger partial charge in [-0.2, -0.15) is 0 Å². The van der Waals surface area contributed by atoms with Crippen LogP contribution in [-0.2, 0) is 0 Å². The minimum atomic E-state index is -0.242. The maximum Gasteiger partial charge on any atom is 0.255 e. The fourth-order valence-corrected chi connectivity index (χ4v) is 3.05. The van der Waals surface area contributed by atoms with Crippen molar-refractivity contribution in [3.05, 3.63) is 81.8 Å². The lowest BCUT2D eigenvalue weighted by Gasteiger charge is -2.08. The van der Waals surface area contributed by atoms with Crippen molar-refractivity contribution in [2.75, 3.05) is 5.32 Å². The molecule has 1 heterocycles. The summed E-state index contributed by atoms with van der Waals surface area (Å²) in [7, 11) is 0. The Bertz CT molecular complexity index is 1150. The molecule has 4 nitrogen and oxygen atoms in total. The van der Waals surface area contributed by atoms with Gasteiger partial charge in [0, 0.05) is 16.3 Å². The molecule has 1 N–H and O–H groups in total. The normalized spacial score (nSPS) is 10.9. The van der Waals surface area contributed by atoms with Gasteiger partial charge in [-0.15, -0.1) is 0 Å². The van der Waals surface area contributed by atoms with Crippen molar-refractivity contribution in [2.24, 2.45) is 0 Å². The van der Waals surface area contributed by atoms with Gasteiger partial charge in [0.15, 0.2) is 5.58 Å². The first-order chi connectivity index (χ1) is 13.0. The third-order valence-corrected chi connectivity index (χ3v) is 4.69. The Hall–Kier alpha value is -2.82. The highest BCUT2D eigenvalue weighted by Crippen LogP contribution is 2.32. The quantitative estimate of drug-likeness (QED) is 0.438. The fraction of sp³-hybridized carbons (Fsp3) is 0.0476. The maximum atomic E-state index is 12.4. The first kappa shape index (κ1) is 17.6.